The first-order valence-electron chi connectivity index (χ1n) is 7.88. The third-order valence-corrected chi connectivity index (χ3v) is 5.46. The van der Waals surface area contributed by atoms with E-state index in [9.17, 15) is 14.0 Å². The van der Waals surface area contributed by atoms with E-state index in [1.807, 2.05) is 0 Å². The summed E-state index contributed by atoms with van der Waals surface area (Å²) in [4.78, 5) is 32.8. The highest BCUT2D eigenvalue weighted by molar-refractivity contribution is 7.17. The number of aromatic nitrogens is 2. The summed E-state index contributed by atoms with van der Waals surface area (Å²) in [5.74, 6) is -0.247. The fourth-order valence-corrected chi connectivity index (χ4v) is 3.81. The second-order valence-electron chi connectivity index (χ2n) is 5.96. The average molecular weight is 429 g/mol. The summed E-state index contributed by atoms with van der Waals surface area (Å²) in [5, 5.41) is 4.68. The summed E-state index contributed by atoms with van der Waals surface area (Å²) >= 11 is 13.1. The molecule has 0 aliphatic rings. The van der Waals surface area contributed by atoms with Gasteiger partial charge in [-0.25, -0.2) is 14.2 Å². The fraction of sp³-hybridized carbons (Fsp3) is 0.235. The molecular formula is C17H15Cl2FN4O2S. The van der Waals surface area contributed by atoms with E-state index in [1.54, 1.807) is 25.4 Å². The van der Waals surface area contributed by atoms with Gasteiger partial charge in [-0.15, -0.1) is 11.3 Å². The predicted octanol–water partition coefficient (Wildman–Crippen LogP) is 4.33. The Morgan fingerprint density at radius 2 is 2.15 bits per heavy atom. The van der Waals surface area contributed by atoms with Crippen LogP contribution in [0.3, 0.4) is 0 Å². The topological polar surface area (TPSA) is 78.1 Å². The van der Waals surface area contributed by atoms with Crippen molar-refractivity contribution in [1.29, 1.82) is 0 Å². The number of benzene rings is 1. The van der Waals surface area contributed by atoms with Crippen LogP contribution >= 0.6 is 34.5 Å². The number of halogens is 3. The lowest BCUT2D eigenvalue weighted by molar-refractivity contribution is 0.202. The van der Waals surface area contributed by atoms with E-state index < -0.39 is 17.9 Å². The van der Waals surface area contributed by atoms with Gasteiger partial charge >= 0.3 is 6.03 Å². The molecular weight excluding hydrogens is 414 g/mol. The number of hydrogen-bond donors (Lipinski definition) is 2. The van der Waals surface area contributed by atoms with E-state index in [-0.39, 0.29) is 22.1 Å². The number of nitrogens with one attached hydrogen (secondary N) is 2. The van der Waals surface area contributed by atoms with E-state index in [1.165, 1.54) is 28.4 Å². The lowest BCUT2D eigenvalue weighted by Crippen LogP contribution is -2.38. The Labute approximate surface area is 167 Å². The molecule has 0 aliphatic heterocycles. The minimum absolute atomic E-state index is 0.0850. The monoisotopic (exact) mass is 428 g/mol. The highest BCUT2D eigenvalue weighted by Gasteiger charge is 2.18. The van der Waals surface area contributed by atoms with Crippen molar-refractivity contribution in [3.8, 4) is 0 Å². The van der Waals surface area contributed by atoms with Crippen molar-refractivity contribution < 1.29 is 9.18 Å². The molecule has 0 radical (unpaired) electrons. The van der Waals surface area contributed by atoms with E-state index in [2.05, 4.69) is 15.3 Å². The molecule has 0 aliphatic carbocycles. The minimum atomic E-state index is -0.614. The Hall–Kier alpha value is -2.16. The maximum atomic E-state index is 13.7. The molecule has 1 unspecified atom stereocenters. The average Bonchev–Trinajstić information content (AvgIpc) is 3.07. The van der Waals surface area contributed by atoms with Crippen molar-refractivity contribution >= 4 is 50.8 Å². The SMILES string of the molecule is CC(NC(=O)N(C)Cc1nc2ccsc2c(=O)[nH]1)c1cc(F)c(Cl)cc1Cl. The molecule has 0 bridgehead atoms. The fourth-order valence-electron chi connectivity index (χ4n) is 2.54. The van der Waals surface area contributed by atoms with Crippen molar-refractivity contribution in [3.05, 3.63) is 61.2 Å². The van der Waals surface area contributed by atoms with Gasteiger partial charge < -0.3 is 15.2 Å². The zero-order valence-corrected chi connectivity index (χ0v) is 16.7. The van der Waals surface area contributed by atoms with E-state index in [0.717, 1.165) is 0 Å². The second kappa shape index (κ2) is 7.84. The quantitative estimate of drug-likeness (QED) is 0.606. The number of urea groups is 1. The Balaban J connectivity index is 1.71. The summed E-state index contributed by atoms with van der Waals surface area (Å²) in [6, 6.07) is 3.26. The maximum Gasteiger partial charge on any atom is 0.318 e. The van der Waals surface area contributed by atoms with Gasteiger partial charge in [-0.05, 0) is 36.1 Å². The molecule has 3 aromatic rings. The molecule has 3 rings (SSSR count). The molecule has 2 heterocycles. The first-order chi connectivity index (χ1) is 12.8. The van der Waals surface area contributed by atoms with E-state index >= 15 is 0 Å². The molecule has 1 atom stereocenters. The molecule has 0 saturated heterocycles. The number of carbonyl (C=O) groups is 1. The normalized spacial score (nSPS) is 12.2. The molecule has 0 fully saturated rings. The third kappa shape index (κ3) is 4.23. The van der Waals surface area contributed by atoms with Crippen LogP contribution < -0.4 is 10.9 Å². The molecule has 0 saturated carbocycles. The van der Waals surface area contributed by atoms with Gasteiger partial charge in [-0.2, -0.15) is 0 Å². The molecule has 0 spiro atoms. The highest BCUT2D eigenvalue weighted by atomic mass is 35.5. The maximum absolute atomic E-state index is 13.7. The molecule has 2 N–H and O–H groups in total. The summed E-state index contributed by atoms with van der Waals surface area (Å²) in [7, 11) is 1.56. The molecule has 27 heavy (non-hydrogen) atoms. The van der Waals surface area contributed by atoms with Crippen LogP contribution in [0.15, 0.2) is 28.4 Å². The van der Waals surface area contributed by atoms with Gasteiger partial charge in [0, 0.05) is 12.1 Å². The molecule has 2 aromatic heterocycles. The molecule has 6 nitrogen and oxygen atoms in total. The molecule has 142 valence electrons. The lowest BCUT2D eigenvalue weighted by Gasteiger charge is -2.22. The second-order valence-corrected chi connectivity index (χ2v) is 7.69. The van der Waals surface area contributed by atoms with Gasteiger partial charge in [0.25, 0.3) is 5.56 Å². The zero-order valence-electron chi connectivity index (χ0n) is 14.3. The summed E-state index contributed by atoms with van der Waals surface area (Å²) in [5.41, 5.74) is 0.756. The van der Waals surface area contributed by atoms with Crippen LogP contribution in [0.25, 0.3) is 10.2 Å². The van der Waals surface area contributed by atoms with Gasteiger partial charge in [0.2, 0.25) is 0 Å². The Bertz CT molecular complexity index is 1070. The van der Waals surface area contributed by atoms with E-state index in [0.29, 0.717) is 21.6 Å². The van der Waals surface area contributed by atoms with Crippen LogP contribution in [-0.4, -0.2) is 27.9 Å². The van der Waals surface area contributed by atoms with Crippen LogP contribution in [0.5, 0.6) is 0 Å². The molecule has 1 aromatic carbocycles. The number of thiophene rings is 1. The lowest BCUT2D eigenvalue weighted by atomic mass is 10.1. The van der Waals surface area contributed by atoms with Crippen molar-refractivity contribution in [2.75, 3.05) is 7.05 Å². The van der Waals surface area contributed by atoms with E-state index in [4.69, 9.17) is 23.2 Å². The van der Waals surface area contributed by atoms with Gasteiger partial charge in [0.15, 0.2) is 0 Å². The van der Waals surface area contributed by atoms with Gasteiger partial charge in [-0.3, -0.25) is 4.79 Å². The van der Waals surface area contributed by atoms with Crippen LogP contribution in [0, 0.1) is 5.82 Å². The summed E-state index contributed by atoms with van der Waals surface area (Å²) < 4.78 is 14.2. The largest absolute Gasteiger partial charge is 0.331 e. The summed E-state index contributed by atoms with van der Waals surface area (Å²) in [6.07, 6.45) is 0. The number of H-pyrrole nitrogens is 1. The Morgan fingerprint density at radius 1 is 1.41 bits per heavy atom. The number of aromatic amines is 1. The van der Waals surface area contributed by atoms with Crippen molar-refractivity contribution in [3.63, 3.8) is 0 Å². The number of carbonyl (C=O) groups excluding carboxylic acids is 1. The smallest absolute Gasteiger partial charge is 0.318 e. The number of amides is 2. The number of hydrogen-bond acceptors (Lipinski definition) is 4. The van der Waals surface area contributed by atoms with Gasteiger partial charge in [0.05, 0.1) is 23.1 Å². The van der Waals surface area contributed by atoms with Crippen LogP contribution in [-0.2, 0) is 6.54 Å². The van der Waals surface area contributed by atoms with Gasteiger partial charge in [-0.1, -0.05) is 23.2 Å². The summed E-state index contributed by atoms with van der Waals surface area (Å²) in [6.45, 7) is 1.78. The predicted molar refractivity (Wildman–Crippen MR) is 105 cm³/mol. The Morgan fingerprint density at radius 3 is 2.89 bits per heavy atom. The first kappa shape index (κ1) is 19.6. The van der Waals surface area contributed by atoms with Crippen LogP contribution in [0.4, 0.5) is 9.18 Å². The van der Waals surface area contributed by atoms with Crippen LogP contribution in [0.2, 0.25) is 10.0 Å². The standard InChI is InChI=1S/C17H15Cl2FN4O2S/c1-8(9-5-12(20)11(19)6-10(9)18)21-17(26)24(2)7-14-22-13-3-4-27-15(13)16(25)23-14/h3-6,8H,7H2,1-2H3,(H,21,26)(H,22,23,25). The van der Waals surface area contributed by atoms with Crippen LogP contribution in [0.1, 0.15) is 24.4 Å². The van der Waals surface area contributed by atoms with Crippen molar-refractivity contribution in [1.82, 2.24) is 20.2 Å². The Kier molecular flexibility index (Phi) is 5.69. The number of rotatable bonds is 4. The number of fused-ring (bicyclic) bond motifs is 1. The zero-order chi connectivity index (χ0) is 19.7. The molecule has 2 amide bonds. The minimum Gasteiger partial charge on any atom is -0.331 e. The van der Waals surface area contributed by atoms with Gasteiger partial charge in [0.1, 0.15) is 16.3 Å². The van der Waals surface area contributed by atoms with Crippen molar-refractivity contribution in [2.24, 2.45) is 0 Å². The molecule has 10 heteroatoms. The third-order valence-electron chi connectivity index (χ3n) is 3.94. The number of nitrogens with zero attached hydrogens (tertiary/aromatic N) is 2. The highest BCUT2D eigenvalue weighted by Crippen LogP contribution is 2.28. The first-order valence-corrected chi connectivity index (χ1v) is 9.52. The van der Waals surface area contributed by atoms with Crippen molar-refractivity contribution in [2.45, 2.75) is 19.5 Å².